The minimum atomic E-state index is -1.99. The van der Waals surface area contributed by atoms with Gasteiger partial charge in [-0.2, -0.15) is 0 Å². The van der Waals surface area contributed by atoms with Crippen molar-refractivity contribution in [3.63, 3.8) is 0 Å². The van der Waals surface area contributed by atoms with Crippen LogP contribution in [0.4, 0.5) is 0 Å². The first kappa shape index (κ1) is 99.6. The van der Waals surface area contributed by atoms with Crippen LogP contribution in [-0.4, -0.2) is 193 Å². The number of aliphatic hydroxyl groups excluding tert-OH is 11. The fourth-order valence-corrected chi connectivity index (χ4v) is 14.1. The van der Waals surface area contributed by atoms with Gasteiger partial charge in [-0.25, -0.2) is 0 Å². The molecular weight excluding hydrogens is 1380 g/mol. The largest absolute Gasteiger partial charge is 0.394 e. The van der Waals surface area contributed by atoms with Crippen LogP contribution >= 0.6 is 0 Å². The van der Waals surface area contributed by atoms with Gasteiger partial charge in [0, 0.05) is 6.42 Å². The van der Waals surface area contributed by atoms with E-state index in [9.17, 15) is 61.0 Å². The number of carbonyl (C=O) groups excluding carboxylic acids is 1. The van der Waals surface area contributed by atoms with Gasteiger partial charge in [0.25, 0.3) is 0 Å². The van der Waals surface area contributed by atoms with Crippen LogP contribution in [0, 0.1) is 0 Å². The van der Waals surface area contributed by atoms with E-state index in [-0.39, 0.29) is 18.9 Å². The van der Waals surface area contributed by atoms with Gasteiger partial charge in [0.05, 0.1) is 38.6 Å². The molecule has 3 aliphatic rings. The molecule has 630 valence electrons. The first-order valence-corrected chi connectivity index (χ1v) is 43.6. The zero-order valence-electron chi connectivity index (χ0n) is 67.8. The number of carbonyl (C=O) groups is 1. The van der Waals surface area contributed by atoms with E-state index in [2.05, 4.69) is 116 Å². The van der Waals surface area contributed by atoms with E-state index in [1.807, 2.05) is 6.08 Å². The normalized spacial score (nSPS) is 25.8. The molecule has 19 heteroatoms. The summed E-state index contributed by atoms with van der Waals surface area (Å²) >= 11 is 0. The van der Waals surface area contributed by atoms with Crippen molar-refractivity contribution >= 4 is 5.91 Å². The van der Waals surface area contributed by atoms with Crippen molar-refractivity contribution in [3.8, 4) is 0 Å². The number of unbranched alkanes of at least 4 members (excludes halogenated alkanes) is 37. The van der Waals surface area contributed by atoms with Gasteiger partial charge in [-0.05, 0) is 89.9 Å². The smallest absolute Gasteiger partial charge is 0.220 e. The van der Waals surface area contributed by atoms with Crippen LogP contribution in [0.25, 0.3) is 0 Å². The average Bonchev–Trinajstić information content (AvgIpc) is 0.782. The van der Waals surface area contributed by atoms with Crippen molar-refractivity contribution in [2.45, 2.75) is 426 Å². The predicted octanol–water partition coefficient (Wildman–Crippen LogP) is 16.1. The van der Waals surface area contributed by atoms with Gasteiger partial charge >= 0.3 is 0 Å². The standard InChI is InChI=1S/C90H157NO18/c1-3-5-7-9-11-13-15-17-19-21-23-25-27-29-31-33-35-36-38-39-41-43-45-47-49-51-53-55-57-59-61-63-65-67-74(95)73(91-78(96)68-66-64-62-60-58-56-54-52-50-48-46-44-42-40-37-34-32-30-28-26-24-22-20-18-16-14-12-10-8-6-4-2)72-104-88-84(102)81(99)86(76(70-93)106-88)109-90-85(103)82(100)87(77(71-94)107-90)108-89-83(101)80(98)79(97)75(69-92)105-89/h6,8,12,14,18,20,24,26,30,32,37,40,44,46,57,59,65,67,73-77,79-90,92-95,97-103H,3-5,7,9-11,13,15-17,19,21-23,25,27-29,31,33-36,38-39,41-43,45,47-56,58,60-64,66,68-72H2,1-2H3,(H,91,96)/b8-6-,14-12-,20-18-,26-24-,32-30-,40-37-,46-44-,59-57+,67-65+. The molecule has 17 unspecified atom stereocenters. The maximum absolute atomic E-state index is 13.5. The molecule has 1 amide bonds. The lowest BCUT2D eigenvalue weighted by molar-refractivity contribution is -0.379. The second kappa shape index (κ2) is 68.8. The predicted molar refractivity (Wildman–Crippen MR) is 438 cm³/mol. The molecule has 3 fully saturated rings. The summed E-state index contributed by atoms with van der Waals surface area (Å²) in [6.45, 7) is 1.63. The highest BCUT2D eigenvalue weighted by Gasteiger charge is 2.54. The Morgan fingerprint density at radius 1 is 0.339 bits per heavy atom. The molecule has 3 aliphatic heterocycles. The first-order valence-electron chi connectivity index (χ1n) is 43.6. The number of aliphatic hydroxyl groups is 11. The number of amides is 1. The van der Waals surface area contributed by atoms with Crippen molar-refractivity contribution in [1.29, 1.82) is 0 Å². The Morgan fingerprint density at radius 2 is 0.642 bits per heavy atom. The van der Waals surface area contributed by atoms with Gasteiger partial charge < -0.3 is 89.9 Å². The van der Waals surface area contributed by atoms with E-state index in [0.717, 1.165) is 96.3 Å². The molecule has 0 spiro atoms. The first-order chi connectivity index (χ1) is 53.3. The second-order valence-corrected chi connectivity index (χ2v) is 30.6. The van der Waals surface area contributed by atoms with Crippen molar-refractivity contribution in [2.75, 3.05) is 26.4 Å². The molecule has 3 heterocycles. The number of hydrogen-bond donors (Lipinski definition) is 12. The van der Waals surface area contributed by atoms with Gasteiger partial charge in [-0.3, -0.25) is 4.79 Å². The van der Waals surface area contributed by atoms with Gasteiger partial charge in [0.2, 0.25) is 5.91 Å². The summed E-state index contributed by atoms with van der Waals surface area (Å²) < 4.78 is 34.5. The number of ether oxygens (including phenoxy) is 6. The summed E-state index contributed by atoms with van der Waals surface area (Å²) in [6, 6.07) is -1.00. The van der Waals surface area contributed by atoms with Crippen molar-refractivity contribution in [2.24, 2.45) is 0 Å². The molecule has 0 radical (unpaired) electrons. The summed E-state index contributed by atoms with van der Waals surface area (Å²) in [5.41, 5.74) is 0. The fraction of sp³-hybridized carbons (Fsp3) is 0.789. The fourth-order valence-electron chi connectivity index (χ4n) is 14.1. The van der Waals surface area contributed by atoms with Crippen LogP contribution in [0.15, 0.2) is 109 Å². The molecule has 109 heavy (non-hydrogen) atoms. The highest BCUT2D eigenvalue weighted by atomic mass is 16.8. The Kier molecular flexibility index (Phi) is 62.9. The SMILES string of the molecule is CC/C=C\C/C=C\C/C=C\C/C=C\C/C=C\C/C=C\C/C=C\CCCCCCCCCCCC(=O)NC(COC1OC(CO)C(OC2OC(CO)C(OC3OC(CO)C(O)C(O)C3O)C(O)C2O)C(O)C1O)C(O)/C=C/CC/C=C/CCCCCCCCCCCCCCCCCCCCCCCCCCCCC. The Balaban J connectivity index is 1.36. The lowest BCUT2D eigenvalue weighted by Gasteiger charge is -2.48. The molecule has 0 aromatic rings. The summed E-state index contributed by atoms with van der Waals surface area (Å²) in [7, 11) is 0. The number of nitrogens with one attached hydrogen (secondary N) is 1. The highest BCUT2D eigenvalue weighted by Crippen LogP contribution is 2.33. The number of allylic oxidation sites excluding steroid dienone is 17. The zero-order valence-corrected chi connectivity index (χ0v) is 67.8. The third-order valence-corrected chi connectivity index (χ3v) is 21.1. The summed E-state index contributed by atoms with van der Waals surface area (Å²) in [6.07, 6.45) is 69.4. The van der Waals surface area contributed by atoms with Gasteiger partial charge in [-0.1, -0.05) is 335 Å². The Bertz CT molecular complexity index is 2390. The Hall–Kier alpha value is -3.55. The quantitative estimate of drug-likeness (QED) is 0.0199. The van der Waals surface area contributed by atoms with Crippen molar-refractivity contribution in [1.82, 2.24) is 5.32 Å². The zero-order chi connectivity index (χ0) is 78.8. The molecule has 0 aromatic heterocycles. The molecule has 0 bridgehead atoms. The van der Waals surface area contributed by atoms with E-state index < -0.39 is 124 Å². The number of hydrogen-bond acceptors (Lipinski definition) is 18. The third-order valence-electron chi connectivity index (χ3n) is 21.1. The summed E-state index contributed by atoms with van der Waals surface area (Å²) in [4.78, 5) is 13.5. The van der Waals surface area contributed by atoms with Crippen LogP contribution in [0.5, 0.6) is 0 Å². The van der Waals surface area contributed by atoms with E-state index in [1.54, 1.807) is 6.08 Å². The average molecular weight is 1540 g/mol. The van der Waals surface area contributed by atoms with Gasteiger partial charge in [0.1, 0.15) is 73.2 Å². The van der Waals surface area contributed by atoms with Gasteiger partial charge in [0.15, 0.2) is 18.9 Å². The lowest BCUT2D eigenvalue weighted by Crippen LogP contribution is -2.66. The Labute approximate surface area is 659 Å². The molecular formula is C90H157NO18. The summed E-state index contributed by atoms with van der Waals surface area (Å²) in [5.74, 6) is -0.293. The lowest BCUT2D eigenvalue weighted by atomic mass is 9.96. The molecule has 0 aromatic carbocycles. The summed E-state index contributed by atoms with van der Waals surface area (Å²) in [5, 5.41) is 121. The van der Waals surface area contributed by atoms with Crippen LogP contribution in [0.3, 0.4) is 0 Å². The van der Waals surface area contributed by atoms with E-state index in [4.69, 9.17) is 28.4 Å². The molecule has 3 saturated heterocycles. The molecule has 3 rings (SSSR count). The topological polar surface area (TPSA) is 307 Å². The monoisotopic (exact) mass is 1540 g/mol. The molecule has 17 atom stereocenters. The Morgan fingerprint density at radius 3 is 1.03 bits per heavy atom. The molecule has 12 N–H and O–H groups in total. The van der Waals surface area contributed by atoms with Crippen LogP contribution in [-0.2, 0) is 33.2 Å². The minimum absolute atomic E-state index is 0.222. The molecule has 0 saturated carbocycles. The van der Waals surface area contributed by atoms with Crippen molar-refractivity contribution < 1.29 is 89.4 Å². The van der Waals surface area contributed by atoms with Crippen LogP contribution in [0.1, 0.15) is 322 Å². The highest BCUT2D eigenvalue weighted by molar-refractivity contribution is 5.76. The van der Waals surface area contributed by atoms with E-state index >= 15 is 0 Å². The molecule has 19 nitrogen and oxygen atoms in total. The van der Waals surface area contributed by atoms with E-state index in [0.29, 0.717) is 12.8 Å². The van der Waals surface area contributed by atoms with Crippen LogP contribution < -0.4 is 5.32 Å². The van der Waals surface area contributed by atoms with Crippen LogP contribution in [0.2, 0.25) is 0 Å². The maximum Gasteiger partial charge on any atom is 0.220 e. The second-order valence-electron chi connectivity index (χ2n) is 30.6. The third kappa shape index (κ3) is 47.8. The van der Waals surface area contributed by atoms with Gasteiger partial charge in [-0.15, -0.1) is 0 Å². The van der Waals surface area contributed by atoms with Crippen molar-refractivity contribution in [3.05, 3.63) is 109 Å². The minimum Gasteiger partial charge on any atom is -0.394 e. The number of rotatable bonds is 69. The molecule has 0 aliphatic carbocycles. The maximum atomic E-state index is 13.5. The van der Waals surface area contributed by atoms with E-state index in [1.165, 1.54) is 193 Å².